The van der Waals surface area contributed by atoms with Gasteiger partial charge in [0.25, 0.3) is 11.8 Å². The average Bonchev–Trinajstić information content (AvgIpc) is 3.31. The molecule has 0 fully saturated rings. The number of benzene rings is 5. The molecule has 0 aliphatic rings. The number of unbranched alkanes of at least 4 members (excludes halogenated alkanes) is 4. The van der Waals surface area contributed by atoms with Gasteiger partial charge in [-0.3, -0.25) is 14.6 Å². The molecule has 0 radical (unpaired) electrons. The zero-order chi connectivity index (χ0) is 49.1. The number of hydrogen-bond donors (Lipinski definition) is 4. The number of allylic oxidation sites excluding steroid dienone is 3. The zero-order valence-electron chi connectivity index (χ0n) is 40.8. The quantitative estimate of drug-likeness (QED) is 0.0560. The number of aromatic nitrogens is 1. The molecule has 68 heavy (non-hydrogen) atoms. The van der Waals surface area contributed by atoms with Crippen molar-refractivity contribution in [1.82, 2.24) is 14.8 Å². The summed E-state index contributed by atoms with van der Waals surface area (Å²) in [6, 6.07) is 28.4. The van der Waals surface area contributed by atoms with Crippen LogP contribution in [0.15, 0.2) is 116 Å². The number of phenolic OH excluding ortho intramolecular Hbond substituents is 4. The molecule has 9 heteroatoms. The SMILES string of the molecule is C=C(C)c1ccc(C/C=C(\C)c2ccc(C)cc2-c2c(O)cc(CCCCC)c(C(=O)N(C)Cc3ccccc3)c2O)cc1-c1c(O)cc(CCCCC)c(C(=O)N(C)Cc2cccnc2)c1O. The van der Waals surface area contributed by atoms with Crippen molar-refractivity contribution in [3.05, 3.63) is 172 Å². The maximum atomic E-state index is 14.3. The third-order valence-corrected chi connectivity index (χ3v) is 12.7. The summed E-state index contributed by atoms with van der Waals surface area (Å²) in [5.74, 6) is -1.46. The van der Waals surface area contributed by atoms with Gasteiger partial charge in [-0.2, -0.15) is 0 Å². The Morgan fingerprint density at radius 1 is 0.632 bits per heavy atom. The van der Waals surface area contributed by atoms with Gasteiger partial charge >= 0.3 is 0 Å². The van der Waals surface area contributed by atoms with Gasteiger partial charge in [0.15, 0.2) is 0 Å². The first-order valence-corrected chi connectivity index (χ1v) is 23.8. The molecule has 354 valence electrons. The number of nitrogens with zero attached hydrogens (tertiary/aromatic N) is 3. The van der Waals surface area contributed by atoms with Gasteiger partial charge in [0.2, 0.25) is 0 Å². The normalized spacial score (nSPS) is 11.4. The van der Waals surface area contributed by atoms with Gasteiger partial charge in [-0.1, -0.05) is 130 Å². The van der Waals surface area contributed by atoms with E-state index in [0.717, 1.165) is 77.5 Å². The topological polar surface area (TPSA) is 134 Å². The van der Waals surface area contributed by atoms with E-state index in [0.29, 0.717) is 53.6 Å². The predicted molar refractivity (Wildman–Crippen MR) is 276 cm³/mol. The minimum absolute atomic E-state index is 0.104. The Morgan fingerprint density at radius 2 is 1.16 bits per heavy atom. The van der Waals surface area contributed by atoms with Crippen molar-refractivity contribution in [3.8, 4) is 45.3 Å². The van der Waals surface area contributed by atoms with E-state index in [2.05, 4.69) is 31.5 Å². The number of pyridine rings is 1. The van der Waals surface area contributed by atoms with Crippen LogP contribution in [0.5, 0.6) is 23.0 Å². The van der Waals surface area contributed by atoms with Crippen LogP contribution in [-0.2, 0) is 32.4 Å². The molecule has 0 aliphatic heterocycles. The highest BCUT2D eigenvalue weighted by molar-refractivity contribution is 6.04. The second-order valence-corrected chi connectivity index (χ2v) is 18.2. The van der Waals surface area contributed by atoms with Crippen molar-refractivity contribution >= 4 is 23.0 Å². The van der Waals surface area contributed by atoms with Crippen molar-refractivity contribution in [2.24, 2.45) is 0 Å². The number of hydrogen-bond acceptors (Lipinski definition) is 7. The molecule has 0 unspecified atom stereocenters. The molecule has 0 aliphatic carbocycles. The molecule has 5 aromatic carbocycles. The fraction of sp³-hybridized carbons (Fsp3) is 0.305. The first-order chi connectivity index (χ1) is 32.6. The predicted octanol–water partition coefficient (Wildman–Crippen LogP) is 13.2. The number of amides is 2. The van der Waals surface area contributed by atoms with Crippen LogP contribution in [0.25, 0.3) is 33.4 Å². The van der Waals surface area contributed by atoms with Crippen molar-refractivity contribution in [2.45, 2.75) is 105 Å². The Balaban J connectivity index is 1.40. The van der Waals surface area contributed by atoms with Crippen molar-refractivity contribution in [1.29, 1.82) is 0 Å². The maximum absolute atomic E-state index is 14.3. The van der Waals surface area contributed by atoms with Gasteiger partial charge in [0.1, 0.15) is 23.0 Å². The van der Waals surface area contributed by atoms with Crippen LogP contribution in [0, 0.1) is 6.92 Å². The van der Waals surface area contributed by atoms with E-state index in [4.69, 9.17) is 0 Å². The first-order valence-electron chi connectivity index (χ1n) is 23.8. The standard InChI is InChI=1S/C59H67N3O6/c1-9-11-14-22-44-33-50(63)54(56(65)52(44)58(67)61(7)36-42-19-16-13-17-20-42)48-31-39(5)24-28-47(48)40(6)25-26-41-27-29-46(38(3)4)49(32-41)55-51(64)34-45(23-15-12-10-2)53(57(55)66)59(68)62(8)37-43-21-18-30-60-35-43/h13,16-21,24-25,27-35,63-66H,3,9-12,14-15,22-23,26,36-37H2,1-2,4-8H3/b40-25+. The Morgan fingerprint density at radius 3 is 1.69 bits per heavy atom. The number of carbonyl (C=O) groups is 2. The molecular formula is C59H67N3O6. The first kappa shape index (κ1) is 50.3. The summed E-state index contributed by atoms with van der Waals surface area (Å²) >= 11 is 0. The molecule has 4 N–H and O–H groups in total. The summed E-state index contributed by atoms with van der Waals surface area (Å²) in [6.45, 7) is 14.9. The smallest absolute Gasteiger partial charge is 0.257 e. The molecule has 0 atom stereocenters. The lowest BCUT2D eigenvalue weighted by atomic mass is 9.87. The maximum Gasteiger partial charge on any atom is 0.257 e. The lowest BCUT2D eigenvalue weighted by Crippen LogP contribution is -2.27. The summed E-state index contributed by atoms with van der Waals surface area (Å²) in [6.07, 6.45) is 12.3. The molecule has 9 nitrogen and oxygen atoms in total. The van der Waals surface area contributed by atoms with E-state index in [-0.39, 0.29) is 63.6 Å². The highest BCUT2D eigenvalue weighted by atomic mass is 16.3. The number of aromatic hydroxyl groups is 4. The molecule has 0 saturated heterocycles. The van der Waals surface area contributed by atoms with E-state index in [1.165, 1.54) is 0 Å². The number of carbonyl (C=O) groups excluding carboxylic acids is 2. The Bertz CT molecular complexity index is 2800. The van der Waals surface area contributed by atoms with Crippen LogP contribution in [0.1, 0.15) is 131 Å². The second kappa shape index (κ2) is 23.1. The molecule has 2 amide bonds. The van der Waals surface area contributed by atoms with E-state index in [9.17, 15) is 30.0 Å². The van der Waals surface area contributed by atoms with E-state index in [1.54, 1.807) is 48.4 Å². The van der Waals surface area contributed by atoms with Crippen LogP contribution in [0.2, 0.25) is 0 Å². The van der Waals surface area contributed by atoms with Crippen molar-refractivity contribution in [3.63, 3.8) is 0 Å². The molecule has 6 rings (SSSR count). The minimum Gasteiger partial charge on any atom is -0.507 e. The molecule has 1 heterocycles. The van der Waals surface area contributed by atoms with E-state index < -0.39 is 0 Å². The molecule has 0 bridgehead atoms. The lowest BCUT2D eigenvalue weighted by Gasteiger charge is -2.23. The molecular weight excluding hydrogens is 847 g/mol. The van der Waals surface area contributed by atoms with E-state index in [1.807, 2.05) is 99.6 Å². The Labute approximate surface area is 402 Å². The summed E-state index contributed by atoms with van der Waals surface area (Å²) in [4.78, 5) is 36.0. The third-order valence-electron chi connectivity index (χ3n) is 12.7. The van der Waals surface area contributed by atoms with E-state index >= 15 is 0 Å². The van der Waals surface area contributed by atoms with Gasteiger partial charge in [-0.25, -0.2) is 0 Å². The Kier molecular flexibility index (Phi) is 17.0. The minimum atomic E-state index is -0.363. The van der Waals surface area contributed by atoms with Crippen LogP contribution in [-0.4, -0.2) is 61.1 Å². The second-order valence-electron chi connectivity index (χ2n) is 18.2. The average molecular weight is 914 g/mol. The highest BCUT2D eigenvalue weighted by Gasteiger charge is 2.29. The Hall–Kier alpha value is -7.13. The fourth-order valence-electron chi connectivity index (χ4n) is 8.98. The molecule has 0 saturated carbocycles. The molecule has 0 spiro atoms. The van der Waals surface area contributed by atoms with Gasteiger partial charge in [-0.15, -0.1) is 0 Å². The van der Waals surface area contributed by atoms with Gasteiger partial charge < -0.3 is 30.2 Å². The van der Waals surface area contributed by atoms with Gasteiger partial charge in [-0.05, 0) is 133 Å². The highest BCUT2D eigenvalue weighted by Crippen LogP contribution is 2.47. The summed E-state index contributed by atoms with van der Waals surface area (Å²) < 4.78 is 0. The largest absolute Gasteiger partial charge is 0.507 e. The number of aryl methyl sites for hydroxylation is 3. The molecule has 6 aromatic rings. The summed E-state index contributed by atoms with van der Waals surface area (Å²) in [5.41, 5.74) is 9.66. The van der Waals surface area contributed by atoms with Gasteiger partial charge in [0.05, 0.1) is 22.3 Å². The monoisotopic (exact) mass is 914 g/mol. The zero-order valence-corrected chi connectivity index (χ0v) is 40.8. The molecule has 1 aromatic heterocycles. The summed E-state index contributed by atoms with van der Waals surface area (Å²) in [5, 5.41) is 48.0. The van der Waals surface area contributed by atoms with Crippen molar-refractivity contribution in [2.75, 3.05) is 14.1 Å². The summed E-state index contributed by atoms with van der Waals surface area (Å²) in [7, 11) is 3.42. The van der Waals surface area contributed by atoms with Crippen molar-refractivity contribution < 1.29 is 30.0 Å². The number of rotatable bonds is 20. The van der Waals surface area contributed by atoms with Crippen LogP contribution in [0.3, 0.4) is 0 Å². The van der Waals surface area contributed by atoms with Crippen LogP contribution >= 0.6 is 0 Å². The van der Waals surface area contributed by atoms with Crippen LogP contribution in [0.4, 0.5) is 0 Å². The van der Waals surface area contributed by atoms with Gasteiger partial charge in [0, 0.05) is 39.6 Å². The fourth-order valence-corrected chi connectivity index (χ4v) is 8.98. The van der Waals surface area contributed by atoms with Crippen LogP contribution < -0.4 is 0 Å². The third kappa shape index (κ3) is 11.7. The lowest BCUT2D eigenvalue weighted by molar-refractivity contribution is 0.0773. The number of phenols is 4.